The Labute approximate surface area is 127 Å². The summed E-state index contributed by atoms with van der Waals surface area (Å²) in [6.07, 6.45) is 2.58. The number of hydrogen-bond acceptors (Lipinski definition) is 3. The van der Waals surface area contributed by atoms with E-state index in [0.717, 1.165) is 43.3 Å². The monoisotopic (exact) mass is 283 g/mol. The summed E-state index contributed by atoms with van der Waals surface area (Å²) in [6.45, 7) is 8.64. The van der Waals surface area contributed by atoms with Crippen LogP contribution in [0.1, 0.15) is 32.4 Å². The molecule has 1 aromatic heterocycles. The summed E-state index contributed by atoms with van der Waals surface area (Å²) >= 11 is 0. The van der Waals surface area contributed by atoms with Crippen LogP contribution in [-0.2, 0) is 6.54 Å². The van der Waals surface area contributed by atoms with Gasteiger partial charge in [-0.2, -0.15) is 0 Å². The summed E-state index contributed by atoms with van der Waals surface area (Å²) in [5.74, 6) is 0.857. The molecule has 1 N–H and O–H groups in total. The average Bonchev–Trinajstić information content (AvgIpc) is 2.53. The lowest BCUT2D eigenvalue weighted by Crippen LogP contribution is -2.33. The van der Waals surface area contributed by atoms with E-state index in [0.29, 0.717) is 0 Å². The Morgan fingerprint density at radius 1 is 1.24 bits per heavy atom. The van der Waals surface area contributed by atoms with Crippen LogP contribution in [0.25, 0.3) is 10.9 Å². The molecule has 2 aromatic rings. The summed E-state index contributed by atoms with van der Waals surface area (Å²) in [7, 11) is 0. The fraction of sp³-hybridized carbons (Fsp3) is 0.500. The molecular weight excluding hydrogens is 258 g/mol. The molecule has 2 heterocycles. The SMILES string of the molecule is CCNCc1cc(N2CCC(C)CC2)c2ccccc2n1. The number of pyridine rings is 1. The smallest absolute Gasteiger partial charge is 0.0726 e. The standard InChI is InChI=1S/C18H25N3/c1-3-19-13-15-12-18(21-10-8-14(2)9-11-21)16-6-4-5-7-17(16)20-15/h4-7,12,14,19H,3,8-11,13H2,1-2H3. The fourth-order valence-corrected chi connectivity index (χ4v) is 3.07. The lowest BCUT2D eigenvalue weighted by molar-refractivity contribution is 0.439. The topological polar surface area (TPSA) is 28.2 Å². The van der Waals surface area contributed by atoms with Crippen LogP contribution in [0.15, 0.2) is 30.3 Å². The third-order valence-electron chi connectivity index (χ3n) is 4.43. The number of fused-ring (bicyclic) bond motifs is 1. The summed E-state index contributed by atoms with van der Waals surface area (Å²) in [5, 5.41) is 4.67. The van der Waals surface area contributed by atoms with Gasteiger partial charge in [-0.25, -0.2) is 0 Å². The highest BCUT2D eigenvalue weighted by molar-refractivity contribution is 5.92. The molecule has 0 bridgehead atoms. The number of aromatic nitrogens is 1. The van der Waals surface area contributed by atoms with Gasteiger partial charge in [0, 0.05) is 30.7 Å². The Bertz CT molecular complexity index is 600. The predicted octanol–water partition coefficient (Wildman–Crippen LogP) is 3.58. The van der Waals surface area contributed by atoms with E-state index in [9.17, 15) is 0 Å². The van der Waals surface area contributed by atoms with Crippen LogP contribution in [0.5, 0.6) is 0 Å². The first-order chi connectivity index (χ1) is 10.3. The second-order valence-corrected chi connectivity index (χ2v) is 6.10. The maximum absolute atomic E-state index is 4.79. The fourth-order valence-electron chi connectivity index (χ4n) is 3.07. The molecule has 21 heavy (non-hydrogen) atoms. The Balaban J connectivity index is 1.98. The Morgan fingerprint density at radius 2 is 2.00 bits per heavy atom. The normalized spacial score (nSPS) is 16.6. The van der Waals surface area contributed by atoms with Crippen molar-refractivity contribution in [1.82, 2.24) is 10.3 Å². The molecule has 0 spiro atoms. The molecule has 0 radical (unpaired) electrons. The van der Waals surface area contributed by atoms with E-state index in [4.69, 9.17) is 4.98 Å². The van der Waals surface area contributed by atoms with Gasteiger partial charge in [0.2, 0.25) is 0 Å². The minimum absolute atomic E-state index is 0.846. The number of rotatable bonds is 4. The highest BCUT2D eigenvalue weighted by Crippen LogP contribution is 2.30. The molecule has 1 saturated heterocycles. The molecule has 3 nitrogen and oxygen atoms in total. The minimum atomic E-state index is 0.846. The molecule has 3 rings (SSSR count). The second-order valence-electron chi connectivity index (χ2n) is 6.10. The Kier molecular flexibility index (Phi) is 4.39. The van der Waals surface area contributed by atoms with Gasteiger partial charge in [0.25, 0.3) is 0 Å². The van der Waals surface area contributed by atoms with E-state index in [1.165, 1.54) is 23.9 Å². The number of para-hydroxylation sites is 1. The summed E-state index contributed by atoms with van der Waals surface area (Å²) in [5.41, 5.74) is 3.62. The zero-order valence-corrected chi connectivity index (χ0v) is 13.1. The second kappa shape index (κ2) is 6.44. The van der Waals surface area contributed by atoms with Crippen molar-refractivity contribution >= 4 is 16.6 Å². The number of benzene rings is 1. The van der Waals surface area contributed by atoms with Crippen molar-refractivity contribution in [3.63, 3.8) is 0 Å². The largest absolute Gasteiger partial charge is 0.371 e. The van der Waals surface area contributed by atoms with Crippen LogP contribution in [0.4, 0.5) is 5.69 Å². The van der Waals surface area contributed by atoms with Crippen LogP contribution >= 0.6 is 0 Å². The summed E-state index contributed by atoms with van der Waals surface area (Å²) < 4.78 is 0. The van der Waals surface area contributed by atoms with Crippen LogP contribution in [0.2, 0.25) is 0 Å². The lowest BCUT2D eigenvalue weighted by atomic mass is 9.98. The highest BCUT2D eigenvalue weighted by Gasteiger charge is 2.18. The number of nitrogens with one attached hydrogen (secondary N) is 1. The first-order valence-electron chi connectivity index (χ1n) is 8.12. The molecular formula is C18H25N3. The van der Waals surface area contributed by atoms with Crippen molar-refractivity contribution in [2.24, 2.45) is 5.92 Å². The maximum Gasteiger partial charge on any atom is 0.0726 e. The maximum atomic E-state index is 4.79. The predicted molar refractivity (Wildman–Crippen MR) is 89.7 cm³/mol. The van der Waals surface area contributed by atoms with E-state index in [1.807, 2.05) is 0 Å². The number of nitrogens with zero attached hydrogens (tertiary/aromatic N) is 2. The van der Waals surface area contributed by atoms with Gasteiger partial charge in [0.05, 0.1) is 11.2 Å². The van der Waals surface area contributed by atoms with E-state index in [1.54, 1.807) is 0 Å². The molecule has 0 amide bonds. The van der Waals surface area contributed by atoms with E-state index in [2.05, 4.69) is 54.4 Å². The lowest BCUT2D eigenvalue weighted by Gasteiger charge is -2.33. The highest BCUT2D eigenvalue weighted by atomic mass is 15.1. The zero-order chi connectivity index (χ0) is 14.7. The van der Waals surface area contributed by atoms with Crippen molar-refractivity contribution in [2.45, 2.75) is 33.2 Å². The molecule has 0 aliphatic carbocycles. The first kappa shape index (κ1) is 14.3. The quantitative estimate of drug-likeness (QED) is 0.929. The van der Waals surface area contributed by atoms with E-state index < -0.39 is 0 Å². The average molecular weight is 283 g/mol. The van der Waals surface area contributed by atoms with Gasteiger partial charge in [0.15, 0.2) is 0 Å². The number of piperidine rings is 1. The van der Waals surface area contributed by atoms with Crippen LogP contribution in [0.3, 0.4) is 0 Å². The Morgan fingerprint density at radius 3 is 2.76 bits per heavy atom. The minimum Gasteiger partial charge on any atom is -0.371 e. The van der Waals surface area contributed by atoms with Gasteiger partial charge in [0.1, 0.15) is 0 Å². The van der Waals surface area contributed by atoms with Gasteiger partial charge in [-0.1, -0.05) is 32.0 Å². The van der Waals surface area contributed by atoms with Crippen LogP contribution < -0.4 is 10.2 Å². The summed E-state index contributed by atoms with van der Waals surface area (Å²) in [6, 6.07) is 10.8. The molecule has 0 atom stereocenters. The molecule has 0 saturated carbocycles. The Hall–Kier alpha value is -1.61. The van der Waals surface area contributed by atoms with Crippen molar-refractivity contribution in [3.8, 4) is 0 Å². The molecule has 1 aliphatic rings. The van der Waals surface area contributed by atoms with E-state index in [-0.39, 0.29) is 0 Å². The number of anilines is 1. The van der Waals surface area contributed by atoms with Gasteiger partial charge in [-0.05, 0) is 37.4 Å². The molecule has 0 unspecified atom stereocenters. The molecule has 1 aromatic carbocycles. The van der Waals surface area contributed by atoms with Crippen molar-refractivity contribution in [1.29, 1.82) is 0 Å². The van der Waals surface area contributed by atoms with Crippen molar-refractivity contribution < 1.29 is 0 Å². The van der Waals surface area contributed by atoms with Gasteiger partial charge >= 0.3 is 0 Å². The molecule has 1 aliphatic heterocycles. The van der Waals surface area contributed by atoms with Gasteiger partial charge in [-0.3, -0.25) is 4.98 Å². The van der Waals surface area contributed by atoms with Crippen molar-refractivity contribution in [3.05, 3.63) is 36.0 Å². The number of hydrogen-bond donors (Lipinski definition) is 1. The van der Waals surface area contributed by atoms with Crippen LogP contribution in [-0.4, -0.2) is 24.6 Å². The first-order valence-corrected chi connectivity index (χ1v) is 8.12. The van der Waals surface area contributed by atoms with Gasteiger partial charge in [-0.15, -0.1) is 0 Å². The molecule has 3 heteroatoms. The van der Waals surface area contributed by atoms with Crippen molar-refractivity contribution in [2.75, 3.05) is 24.5 Å². The third kappa shape index (κ3) is 3.18. The molecule has 112 valence electrons. The third-order valence-corrected chi connectivity index (χ3v) is 4.43. The van der Waals surface area contributed by atoms with E-state index >= 15 is 0 Å². The molecule has 1 fully saturated rings. The van der Waals surface area contributed by atoms with Gasteiger partial charge < -0.3 is 10.2 Å². The summed E-state index contributed by atoms with van der Waals surface area (Å²) in [4.78, 5) is 7.34. The zero-order valence-electron chi connectivity index (χ0n) is 13.1. The van der Waals surface area contributed by atoms with Crippen LogP contribution in [0, 0.1) is 5.92 Å².